The van der Waals surface area contributed by atoms with Crippen molar-refractivity contribution in [3.8, 4) is 0 Å². The molecule has 2 aliphatic heterocycles. The fourth-order valence-corrected chi connectivity index (χ4v) is 3.89. The van der Waals surface area contributed by atoms with Gasteiger partial charge in [-0.3, -0.25) is 4.79 Å². The fourth-order valence-electron chi connectivity index (χ4n) is 2.65. The maximum Gasteiger partial charge on any atom is 0.243 e. The third-order valence-electron chi connectivity index (χ3n) is 4.20. The topological polar surface area (TPSA) is 66.0 Å². The Labute approximate surface area is 143 Å². The summed E-state index contributed by atoms with van der Waals surface area (Å²) in [6.07, 6.45) is 5.89. The number of nitrogens with one attached hydrogen (secondary N) is 2. The Balaban J connectivity index is 1.86. The van der Waals surface area contributed by atoms with Crippen molar-refractivity contribution in [3.05, 3.63) is 0 Å². The zero-order valence-electron chi connectivity index (χ0n) is 14.3. The highest BCUT2D eigenvalue weighted by Crippen LogP contribution is 2.24. The summed E-state index contributed by atoms with van der Waals surface area (Å²) < 4.78 is 5.40. The molecule has 2 N–H and O–H groups in total. The van der Waals surface area contributed by atoms with Crippen LogP contribution in [0, 0.1) is 0 Å². The van der Waals surface area contributed by atoms with E-state index in [-0.39, 0.29) is 12.5 Å². The van der Waals surface area contributed by atoms with Crippen molar-refractivity contribution >= 4 is 23.6 Å². The van der Waals surface area contributed by atoms with Crippen LogP contribution in [0.4, 0.5) is 0 Å². The highest BCUT2D eigenvalue weighted by molar-refractivity contribution is 7.99. The minimum Gasteiger partial charge on any atom is -0.381 e. The summed E-state index contributed by atoms with van der Waals surface area (Å²) in [5, 5.41) is 7.55. The summed E-state index contributed by atoms with van der Waals surface area (Å²) in [5.74, 6) is 2.04. The van der Waals surface area contributed by atoms with Gasteiger partial charge in [0.25, 0.3) is 0 Å². The molecule has 0 aromatic rings. The minimum atomic E-state index is 0.0186. The van der Waals surface area contributed by atoms with Gasteiger partial charge in [-0.15, -0.1) is 0 Å². The fraction of sp³-hybridized carbons (Fsp3) is 0.875. The quantitative estimate of drug-likeness (QED) is 0.578. The molecule has 0 saturated carbocycles. The number of ether oxygens (including phenoxy) is 1. The molecule has 7 heteroatoms. The van der Waals surface area contributed by atoms with Crippen LogP contribution < -0.4 is 10.6 Å². The number of hydrogen-bond acceptors (Lipinski definition) is 4. The van der Waals surface area contributed by atoms with Gasteiger partial charge in [-0.1, -0.05) is 6.42 Å². The lowest BCUT2D eigenvalue weighted by Crippen LogP contribution is -2.47. The van der Waals surface area contributed by atoms with Gasteiger partial charge >= 0.3 is 0 Å². The van der Waals surface area contributed by atoms with Crippen LogP contribution in [0.15, 0.2) is 4.99 Å². The molecule has 0 spiro atoms. The average molecular weight is 343 g/mol. The van der Waals surface area contributed by atoms with Crippen molar-refractivity contribution in [3.63, 3.8) is 0 Å². The Morgan fingerprint density at radius 1 is 1.26 bits per heavy atom. The van der Waals surface area contributed by atoms with Gasteiger partial charge in [-0.2, -0.15) is 11.8 Å². The van der Waals surface area contributed by atoms with E-state index in [0.717, 1.165) is 38.6 Å². The summed E-state index contributed by atoms with van der Waals surface area (Å²) >= 11 is 2.04. The number of hydrogen-bond donors (Lipinski definition) is 2. The van der Waals surface area contributed by atoms with E-state index in [0.29, 0.717) is 11.3 Å². The van der Waals surface area contributed by atoms with Gasteiger partial charge < -0.3 is 20.3 Å². The predicted molar refractivity (Wildman–Crippen MR) is 96.1 cm³/mol. The SMILES string of the molecule is CN(C)C(=O)CN=C(NCC1CCCCS1)NC1CCOCC1. The number of thioether (sulfide) groups is 1. The number of likely N-dealkylation sites (N-methyl/N-ethyl adjacent to an activating group) is 1. The molecule has 0 bridgehead atoms. The zero-order chi connectivity index (χ0) is 16.5. The Kier molecular flexibility index (Phi) is 8.02. The second-order valence-electron chi connectivity index (χ2n) is 6.35. The van der Waals surface area contributed by atoms with E-state index in [2.05, 4.69) is 15.6 Å². The monoisotopic (exact) mass is 342 g/mol. The molecule has 0 radical (unpaired) electrons. The van der Waals surface area contributed by atoms with E-state index < -0.39 is 0 Å². The highest BCUT2D eigenvalue weighted by atomic mass is 32.2. The van der Waals surface area contributed by atoms with Crippen molar-refractivity contribution < 1.29 is 9.53 Å². The summed E-state index contributed by atoms with van der Waals surface area (Å²) in [4.78, 5) is 17.8. The first-order valence-corrected chi connectivity index (χ1v) is 9.64. The number of carbonyl (C=O) groups excluding carboxylic acids is 1. The largest absolute Gasteiger partial charge is 0.381 e. The molecule has 1 unspecified atom stereocenters. The first-order chi connectivity index (χ1) is 11.1. The number of nitrogens with zero attached hydrogens (tertiary/aromatic N) is 2. The molecular formula is C16H30N4O2S. The Morgan fingerprint density at radius 2 is 2.04 bits per heavy atom. The van der Waals surface area contributed by atoms with Gasteiger partial charge in [-0.25, -0.2) is 4.99 Å². The van der Waals surface area contributed by atoms with Crippen molar-refractivity contribution in [2.24, 2.45) is 4.99 Å². The lowest BCUT2D eigenvalue weighted by molar-refractivity contribution is -0.127. The Morgan fingerprint density at radius 3 is 2.70 bits per heavy atom. The summed E-state index contributed by atoms with van der Waals surface area (Å²) in [6, 6.07) is 0.378. The van der Waals surface area contributed by atoms with Gasteiger partial charge in [0, 0.05) is 45.1 Å². The minimum absolute atomic E-state index is 0.0186. The van der Waals surface area contributed by atoms with E-state index in [4.69, 9.17) is 4.74 Å². The molecule has 132 valence electrons. The Hall–Kier alpha value is -0.950. The van der Waals surface area contributed by atoms with E-state index in [9.17, 15) is 4.79 Å². The van der Waals surface area contributed by atoms with E-state index >= 15 is 0 Å². The second-order valence-corrected chi connectivity index (χ2v) is 7.76. The predicted octanol–water partition coefficient (Wildman–Crippen LogP) is 1.07. The van der Waals surface area contributed by atoms with Crippen LogP contribution in [0.5, 0.6) is 0 Å². The molecule has 1 amide bonds. The number of aliphatic imine (C=N–C) groups is 1. The number of rotatable bonds is 5. The number of guanidine groups is 1. The molecule has 0 aromatic heterocycles. The van der Waals surface area contributed by atoms with Crippen LogP contribution in [0.2, 0.25) is 0 Å². The zero-order valence-corrected chi connectivity index (χ0v) is 15.2. The van der Waals surface area contributed by atoms with Gasteiger partial charge in [0.05, 0.1) is 0 Å². The van der Waals surface area contributed by atoms with Gasteiger partial charge in [-0.05, 0) is 31.4 Å². The summed E-state index contributed by atoms with van der Waals surface area (Å²) in [7, 11) is 3.52. The molecule has 6 nitrogen and oxygen atoms in total. The number of carbonyl (C=O) groups is 1. The molecule has 23 heavy (non-hydrogen) atoms. The molecule has 1 atom stereocenters. The molecule has 0 aromatic carbocycles. The third kappa shape index (κ3) is 6.99. The summed E-state index contributed by atoms with van der Waals surface area (Å²) in [6.45, 7) is 2.68. The average Bonchev–Trinajstić information content (AvgIpc) is 2.58. The maximum atomic E-state index is 11.8. The first kappa shape index (κ1) is 18.4. The van der Waals surface area contributed by atoms with Gasteiger partial charge in [0.15, 0.2) is 5.96 Å². The van der Waals surface area contributed by atoms with Crippen LogP contribution in [0.25, 0.3) is 0 Å². The van der Waals surface area contributed by atoms with Crippen molar-refractivity contribution in [1.29, 1.82) is 0 Å². The van der Waals surface area contributed by atoms with E-state index in [1.54, 1.807) is 19.0 Å². The standard InChI is InChI=1S/C16H30N4O2S/c1-20(2)15(21)12-18-16(19-13-6-8-22-9-7-13)17-11-14-5-3-4-10-23-14/h13-14H,3-12H2,1-2H3,(H2,17,18,19). The van der Waals surface area contributed by atoms with Crippen LogP contribution in [-0.4, -0.2) is 74.2 Å². The normalized spacial score (nSPS) is 23.4. The van der Waals surface area contributed by atoms with Gasteiger partial charge in [0.2, 0.25) is 5.91 Å². The maximum absolute atomic E-state index is 11.8. The van der Waals surface area contributed by atoms with Crippen LogP contribution in [0.1, 0.15) is 32.1 Å². The third-order valence-corrected chi connectivity index (χ3v) is 5.60. The number of amides is 1. The lowest BCUT2D eigenvalue weighted by Gasteiger charge is -2.27. The van der Waals surface area contributed by atoms with Crippen LogP contribution in [-0.2, 0) is 9.53 Å². The molecule has 2 heterocycles. The van der Waals surface area contributed by atoms with Crippen LogP contribution >= 0.6 is 11.8 Å². The van der Waals surface area contributed by atoms with Crippen LogP contribution in [0.3, 0.4) is 0 Å². The second kappa shape index (κ2) is 10.0. The molecule has 2 rings (SSSR count). The molecular weight excluding hydrogens is 312 g/mol. The van der Waals surface area contributed by atoms with E-state index in [1.165, 1.54) is 25.0 Å². The lowest BCUT2D eigenvalue weighted by atomic mass is 10.1. The molecule has 2 saturated heterocycles. The Bertz CT molecular complexity index is 392. The van der Waals surface area contributed by atoms with Gasteiger partial charge in [0.1, 0.15) is 6.54 Å². The highest BCUT2D eigenvalue weighted by Gasteiger charge is 2.18. The smallest absolute Gasteiger partial charge is 0.243 e. The van der Waals surface area contributed by atoms with Crippen molar-refractivity contribution in [1.82, 2.24) is 15.5 Å². The molecule has 2 fully saturated rings. The van der Waals surface area contributed by atoms with Crippen molar-refractivity contribution in [2.45, 2.75) is 43.4 Å². The molecule has 2 aliphatic rings. The molecule has 0 aliphatic carbocycles. The van der Waals surface area contributed by atoms with E-state index in [1.807, 2.05) is 11.8 Å². The van der Waals surface area contributed by atoms with Crippen molar-refractivity contribution in [2.75, 3.05) is 46.2 Å². The summed E-state index contributed by atoms with van der Waals surface area (Å²) in [5.41, 5.74) is 0. The first-order valence-electron chi connectivity index (χ1n) is 8.59.